The quantitative estimate of drug-likeness (QED) is 0.413. The normalized spacial score (nSPS) is 11.0. The number of hydrogen-bond acceptors (Lipinski definition) is 4. The first-order valence-electron chi connectivity index (χ1n) is 7.47. The molecule has 0 unspecified atom stereocenters. The maximum Gasteiger partial charge on any atom is 0.346 e. The van der Waals surface area contributed by atoms with Crippen molar-refractivity contribution in [3.05, 3.63) is 28.3 Å². The lowest BCUT2D eigenvalue weighted by atomic mass is 10.1. The number of benzene rings is 1. The van der Waals surface area contributed by atoms with Gasteiger partial charge in [0.05, 0.1) is 18.2 Å². The van der Waals surface area contributed by atoms with Gasteiger partial charge in [0.2, 0.25) is 0 Å². The van der Waals surface area contributed by atoms with E-state index in [0.717, 1.165) is 19.3 Å². The second-order valence-electron chi connectivity index (χ2n) is 4.79. The Labute approximate surface area is 141 Å². The predicted octanol–water partition coefficient (Wildman–Crippen LogP) is 4.30. The number of hydrogen-bond donors (Lipinski definition) is 1. The van der Waals surface area contributed by atoms with Crippen molar-refractivity contribution in [2.24, 2.45) is 0 Å². The van der Waals surface area contributed by atoms with Crippen molar-refractivity contribution in [2.45, 2.75) is 33.1 Å². The fourth-order valence-corrected chi connectivity index (χ4v) is 2.18. The predicted molar refractivity (Wildman–Crippen MR) is 88.9 cm³/mol. The number of carboxylic acids is 1. The van der Waals surface area contributed by atoms with E-state index in [1.54, 1.807) is 18.2 Å². The average Bonchev–Trinajstić information content (AvgIpc) is 2.51. The van der Waals surface area contributed by atoms with Crippen LogP contribution in [0.1, 0.15) is 38.7 Å². The Morgan fingerprint density at radius 3 is 2.65 bits per heavy atom. The van der Waals surface area contributed by atoms with Gasteiger partial charge >= 0.3 is 5.97 Å². The molecule has 0 atom stereocenters. The number of carboxylic acid groups (broad SMARTS) is 1. The topological polar surface area (TPSA) is 79.5 Å². The van der Waals surface area contributed by atoms with Crippen LogP contribution in [-0.4, -0.2) is 24.3 Å². The lowest BCUT2D eigenvalue weighted by Gasteiger charge is -2.14. The third-order valence-electron chi connectivity index (χ3n) is 2.99. The molecule has 0 amide bonds. The van der Waals surface area contributed by atoms with Crippen LogP contribution >= 0.6 is 11.6 Å². The van der Waals surface area contributed by atoms with Gasteiger partial charge in [-0.25, -0.2) is 4.79 Å². The van der Waals surface area contributed by atoms with Crippen molar-refractivity contribution in [2.75, 3.05) is 13.2 Å². The summed E-state index contributed by atoms with van der Waals surface area (Å²) in [7, 11) is 0. The van der Waals surface area contributed by atoms with Crippen LogP contribution in [0.25, 0.3) is 6.08 Å². The summed E-state index contributed by atoms with van der Waals surface area (Å²) in [5.74, 6) is -0.414. The number of aliphatic carboxylic acids is 1. The summed E-state index contributed by atoms with van der Waals surface area (Å²) in [5.41, 5.74) is 0.0958. The van der Waals surface area contributed by atoms with E-state index >= 15 is 0 Å². The summed E-state index contributed by atoms with van der Waals surface area (Å²) in [6, 6.07) is 4.80. The third kappa shape index (κ3) is 5.84. The monoisotopic (exact) mass is 337 g/mol. The van der Waals surface area contributed by atoms with Crippen LogP contribution in [0.15, 0.2) is 17.7 Å². The second-order valence-corrected chi connectivity index (χ2v) is 5.20. The van der Waals surface area contributed by atoms with Gasteiger partial charge in [0.15, 0.2) is 11.5 Å². The van der Waals surface area contributed by atoms with E-state index in [2.05, 4.69) is 6.92 Å². The first-order chi connectivity index (χ1) is 11.0. The lowest BCUT2D eigenvalue weighted by molar-refractivity contribution is -0.132. The molecule has 0 spiro atoms. The largest absolute Gasteiger partial charge is 0.490 e. The Kier molecular flexibility index (Phi) is 8.00. The van der Waals surface area contributed by atoms with Gasteiger partial charge in [0, 0.05) is 0 Å². The summed E-state index contributed by atoms with van der Waals surface area (Å²) in [4.78, 5) is 10.9. The minimum atomic E-state index is -1.29. The number of carbonyl (C=O) groups is 1. The molecular weight excluding hydrogens is 318 g/mol. The molecule has 1 aromatic carbocycles. The highest BCUT2D eigenvalue weighted by Crippen LogP contribution is 2.37. The number of nitrogens with zero attached hydrogens (tertiary/aromatic N) is 1. The Hall–Kier alpha value is -2.19. The molecule has 124 valence electrons. The Morgan fingerprint density at radius 1 is 1.35 bits per heavy atom. The number of rotatable bonds is 9. The van der Waals surface area contributed by atoms with Gasteiger partial charge in [-0.15, -0.1) is 0 Å². The molecule has 0 bridgehead atoms. The molecule has 0 heterocycles. The highest BCUT2D eigenvalue weighted by molar-refractivity contribution is 6.32. The minimum Gasteiger partial charge on any atom is -0.490 e. The average molecular weight is 338 g/mol. The zero-order valence-electron chi connectivity index (χ0n) is 13.3. The maximum atomic E-state index is 10.9. The van der Waals surface area contributed by atoms with Crippen molar-refractivity contribution >= 4 is 23.6 Å². The SMILES string of the molecule is CCCCCOc1c(Cl)cc(C=C(C#N)C(=O)O)cc1OCC. The van der Waals surface area contributed by atoms with Crippen molar-refractivity contribution in [3.8, 4) is 17.6 Å². The van der Waals surface area contributed by atoms with Crippen LogP contribution < -0.4 is 9.47 Å². The van der Waals surface area contributed by atoms with Gasteiger partial charge < -0.3 is 14.6 Å². The summed E-state index contributed by atoms with van der Waals surface area (Å²) < 4.78 is 11.2. The van der Waals surface area contributed by atoms with Crippen molar-refractivity contribution < 1.29 is 19.4 Å². The minimum absolute atomic E-state index is 0.321. The van der Waals surface area contributed by atoms with E-state index in [-0.39, 0.29) is 5.57 Å². The number of ether oxygens (including phenoxy) is 2. The summed E-state index contributed by atoms with van der Waals surface area (Å²) >= 11 is 6.22. The molecule has 0 aromatic heterocycles. The zero-order chi connectivity index (χ0) is 17.2. The van der Waals surface area contributed by atoms with E-state index in [1.807, 2.05) is 6.92 Å². The highest BCUT2D eigenvalue weighted by Gasteiger charge is 2.13. The van der Waals surface area contributed by atoms with Crippen LogP contribution in [-0.2, 0) is 4.79 Å². The van der Waals surface area contributed by atoms with E-state index in [0.29, 0.717) is 35.3 Å². The number of unbranched alkanes of at least 4 members (excludes halogenated alkanes) is 2. The molecule has 1 aromatic rings. The number of nitriles is 1. The first-order valence-corrected chi connectivity index (χ1v) is 7.85. The fraction of sp³-hybridized carbons (Fsp3) is 0.412. The molecule has 5 nitrogen and oxygen atoms in total. The molecule has 0 fully saturated rings. The van der Waals surface area contributed by atoms with Gasteiger partial charge in [0.1, 0.15) is 11.6 Å². The zero-order valence-corrected chi connectivity index (χ0v) is 14.0. The van der Waals surface area contributed by atoms with E-state index < -0.39 is 5.97 Å². The Bertz CT molecular complexity index is 620. The van der Waals surface area contributed by atoms with E-state index in [4.69, 9.17) is 31.4 Å². The van der Waals surface area contributed by atoms with Gasteiger partial charge in [-0.05, 0) is 37.1 Å². The molecule has 0 saturated heterocycles. The standard InChI is InChI=1S/C17H20ClNO4/c1-3-5-6-7-23-16-14(18)9-12(10-15(16)22-4-2)8-13(11-19)17(20)21/h8-10H,3-7H2,1-2H3,(H,20,21). The van der Waals surface area contributed by atoms with Gasteiger partial charge in [-0.1, -0.05) is 31.4 Å². The molecule has 1 N–H and O–H groups in total. The summed E-state index contributed by atoms with van der Waals surface area (Å²) in [6.07, 6.45) is 4.31. The smallest absolute Gasteiger partial charge is 0.346 e. The van der Waals surface area contributed by atoms with Gasteiger partial charge in [-0.3, -0.25) is 0 Å². The molecule has 1 rings (SSSR count). The fourth-order valence-electron chi connectivity index (χ4n) is 1.91. The Morgan fingerprint density at radius 2 is 2.09 bits per heavy atom. The van der Waals surface area contributed by atoms with Crippen LogP contribution in [0.3, 0.4) is 0 Å². The third-order valence-corrected chi connectivity index (χ3v) is 3.27. The maximum absolute atomic E-state index is 10.9. The summed E-state index contributed by atoms with van der Waals surface area (Å²) in [5, 5.41) is 18.1. The summed E-state index contributed by atoms with van der Waals surface area (Å²) in [6.45, 7) is 4.88. The highest BCUT2D eigenvalue weighted by atomic mass is 35.5. The molecule has 23 heavy (non-hydrogen) atoms. The second kappa shape index (κ2) is 9.75. The Balaban J connectivity index is 3.10. The molecule has 0 saturated carbocycles. The van der Waals surface area contributed by atoms with Gasteiger partial charge in [-0.2, -0.15) is 5.26 Å². The number of halogens is 1. The van der Waals surface area contributed by atoms with E-state index in [1.165, 1.54) is 6.08 Å². The lowest BCUT2D eigenvalue weighted by Crippen LogP contribution is -2.02. The van der Waals surface area contributed by atoms with Crippen molar-refractivity contribution in [3.63, 3.8) is 0 Å². The van der Waals surface area contributed by atoms with Crippen molar-refractivity contribution in [1.82, 2.24) is 0 Å². The van der Waals surface area contributed by atoms with Crippen LogP contribution in [0.2, 0.25) is 5.02 Å². The molecule has 0 aliphatic rings. The first kappa shape index (κ1) is 18.9. The van der Waals surface area contributed by atoms with Crippen LogP contribution in [0, 0.1) is 11.3 Å². The van der Waals surface area contributed by atoms with Crippen LogP contribution in [0.5, 0.6) is 11.5 Å². The van der Waals surface area contributed by atoms with Gasteiger partial charge in [0.25, 0.3) is 0 Å². The molecular formula is C17H20ClNO4. The molecule has 0 aliphatic carbocycles. The van der Waals surface area contributed by atoms with E-state index in [9.17, 15) is 4.79 Å². The molecule has 6 heteroatoms. The van der Waals surface area contributed by atoms with Crippen LogP contribution in [0.4, 0.5) is 0 Å². The molecule has 0 aliphatic heterocycles. The van der Waals surface area contributed by atoms with Crippen molar-refractivity contribution in [1.29, 1.82) is 5.26 Å². The molecule has 0 radical (unpaired) electrons.